The van der Waals surface area contributed by atoms with Gasteiger partial charge in [-0.3, -0.25) is 19.7 Å². The first-order valence-electron chi connectivity index (χ1n) is 10.3. The van der Waals surface area contributed by atoms with Crippen molar-refractivity contribution < 1.29 is 14.4 Å². The van der Waals surface area contributed by atoms with E-state index in [4.69, 9.17) is 5.73 Å². The third-order valence-corrected chi connectivity index (χ3v) is 6.34. The van der Waals surface area contributed by atoms with Gasteiger partial charge in [0.1, 0.15) is 6.04 Å². The zero-order valence-electron chi connectivity index (χ0n) is 16.6. The van der Waals surface area contributed by atoms with Crippen LogP contribution in [0.4, 0.5) is 5.69 Å². The largest absolute Gasteiger partial charge is 0.381 e. The Balaban J connectivity index is 1.25. The van der Waals surface area contributed by atoms with E-state index < -0.39 is 6.04 Å². The molecular formula is C23H24N4O3. The fourth-order valence-electron chi connectivity index (χ4n) is 4.26. The molecule has 0 spiro atoms. The van der Waals surface area contributed by atoms with E-state index in [-0.39, 0.29) is 29.7 Å². The predicted molar refractivity (Wildman–Crippen MR) is 111 cm³/mol. The van der Waals surface area contributed by atoms with Gasteiger partial charge in [-0.1, -0.05) is 24.3 Å². The summed E-state index contributed by atoms with van der Waals surface area (Å²) in [5, 5.41) is 5.72. The van der Waals surface area contributed by atoms with Crippen LogP contribution in [0.5, 0.6) is 0 Å². The molecule has 2 fully saturated rings. The molecule has 4 N–H and O–H groups in total. The smallest absolute Gasteiger partial charge is 0.255 e. The summed E-state index contributed by atoms with van der Waals surface area (Å²) < 4.78 is 0. The van der Waals surface area contributed by atoms with Crippen LogP contribution in [0.2, 0.25) is 0 Å². The molecule has 2 aliphatic heterocycles. The third-order valence-electron chi connectivity index (χ3n) is 6.34. The Morgan fingerprint density at radius 3 is 2.57 bits per heavy atom. The number of nitrogens with zero attached hydrogens (tertiary/aromatic N) is 1. The van der Waals surface area contributed by atoms with Gasteiger partial charge < -0.3 is 16.0 Å². The lowest BCUT2D eigenvalue weighted by Crippen LogP contribution is -2.52. The van der Waals surface area contributed by atoms with Crippen LogP contribution in [-0.4, -0.2) is 28.7 Å². The van der Waals surface area contributed by atoms with E-state index in [1.165, 1.54) is 5.56 Å². The molecule has 7 nitrogen and oxygen atoms in total. The molecule has 154 valence electrons. The first-order chi connectivity index (χ1) is 14.4. The van der Waals surface area contributed by atoms with Crippen LogP contribution >= 0.6 is 0 Å². The van der Waals surface area contributed by atoms with Crippen LogP contribution in [0.15, 0.2) is 42.5 Å². The molecule has 1 saturated carbocycles. The number of amides is 3. The van der Waals surface area contributed by atoms with Gasteiger partial charge in [0.2, 0.25) is 11.8 Å². The minimum Gasteiger partial charge on any atom is -0.381 e. The lowest BCUT2D eigenvalue weighted by molar-refractivity contribution is -0.136. The summed E-state index contributed by atoms with van der Waals surface area (Å²) in [6.45, 7) is 0.989. The molecule has 0 radical (unpaired) electrons. The van der Waals surface area contributed by atoms with E-state index in [1.807, 2.05) is 30.3 Å². The van der Waals surface area contributed by atoms with Gasteiger partial charge in [0.05, 0.1) is 0 Å². The Labute approximate surface area is 174 Å². The predicted octanol–water partition coefficient (Wildman–Crippen LogP) is 2.01. The van der Waals surface area contributed by atoms with Gasteiger partial charge in [0.25, 0.3) is 5.91 Å². The molecule has 3 aliphatic rings. The highest BCUT2D eigenvalue weighted by Crippen LogP contribution is 2.42. The van der Waals surface area contributed by atoms with Crippen molar-refractivity contribution in [2.75, 3.05) is 5.32 Å². The first-order valence-corrected chi connectivity index (χ1v) is 10.3. The van der Waals surface area contributed by atoms with E-state index in [9.17, 15) is 14.4 Å². The van der Waals surface area contributed by atoms with Crippen LogP contribution < -0.4 is 16.4 Å². The number of hydrogen-bond acceptors (Lipinski definition) is 5. The Kier molecular flexibility index (Phi) is 4.36. The molecule has 2 aromatic rings. The number of nitrogens with two attached hydrogens (primary N) is 1. The van der Waals surface area contributed by atoms with Crippen molar-refractivity contribution in [2.24, 2.45) is 5.73 Å². The molecule has 30 heavy (non-hydrogen) atoms. The number of rotatable bonds is 5. The maximum atomic E-state index is 12.9. The van der Waals surface area contributed by atoms with Gasteiger partial charge in [0.15, 0.2) is 0 Å². The number of anilines is 1. The highest BCUT2D eigenvalue weighted by Gasteiger charge is 2.40. The Morgan fingerprint density at radius 2 is 1.87 bits per heavy atom. The molecule has 2 heterocycles. The zero-order valence-corrected chi connectivity index (χ0v) is 16.6. The summed E-state index contributed by atoms with van der Waals surface area (Å²) in [6.07, 6.45) is 2.71. The van der Waals surface area contributed by atoms with Crippen molar-refractivity contribution in [1.82, 2.24) is 10.2 Å². The molecule has 1 atom stereocenters. The molecule has 1 unspecified atom stereocenters. The topological polar surface area (TPSA) is 105 Å². The van der Waals surface area contributed by atoms with Crippen molar-refractivity contribution >= 4 is 23.4 Å². The van der Waals surface area contributed by atoms with E-state index in [0.717, 1.165) is 29.7 Å². The second-order valence-corrected chi connectivity index (χ2v) is 8.48. The van der Waals surface area contributed by atoms with Gasteiger partial charge in [0, 0.05) is 36.3 Å². The van der Waals surface area contributed by atoms with Gasteiger partial charge in [-0.25, -0.2) is 0 Å². The van der Waals surface area contributed by atoms with Crippen molar-refractivity contribution in [3.05, 3.63) is 64.7 Å². The summed E-state index contributed by atoms with van der Waals surface area (Å²) in [4.78, 5) is 38.0. The standard InChI is InChI=1S/C23H24N4O3/c24-23(9-10-23)16-3-5-17(6-4-16)25-12-14-1-2-15-13-27(22(30)18(15)11-14)19-7-8-20(28)26-21(19)29/h1-6,11,19,25H,7-10,12-13,24H2,(H,26,28,29). The molecule has 0 bridgehead atoms. The van der Waals surface area contributed by atoms with Crippen molar-refractivity contribution in [3.63, 3.8) is 0 Å². The van der Waals surface area contributed by atoms with E-state index in [2.05, 4.69) is 22.8 Å². The van der Waals surface area contributed by atoms with Crippen LogP contribution in [-0.2, 0) is 28.2 Å². The number of nitrogens with one attached hydrogen (secondary N) is 2. The Morgan fingerprint density at radius 1 is 1.10 bits per heavy atom. The second kappa shape index (κ2) is 6.95. The summed E-state index contributed by atoms with van der Waals surface area (Å²) in [5.41, 5.74) is 10.8. The average molecular weight is 404 g/mol. The van der Waals surface area contributed by atoms with Gasteiger partial charge in [-0.15, -0.1) is 0 Å². The summed E-state index contributed by atoms with van der Waals surface area (Å²) in [7, 11) is 0. The summed E-state index contributed by atoms with van der Waals surface area (Å²) in [5.74, 6) is -0.813. The lowest BCUT2D eigenvalue weighted by Gasteiger charge is -2.29. The number of fused-ring (bicyclic) bond motifs is 1. The highest BCUT2D eigenvalue weighted by molar-refractivity contribution is 6.05. The fourth-order valence-corrected chi connectivity index (χ4v) is 4.26. The van der Waals surface area contributed by atoms with Crippen molar-refractivity contribution in [1.29, 1.82) is 0 Å². The van der Waals surface area contributed by atoms with E-state index in [1.54, 1.807) is 4.90 Å². The molecular weight excluding hydrogens is 380 g/mol. The minimum absolute atomic E-state index is 0.132. The van der Waals surface area contributed by atoms with Gasteiger partial charge in [-0.2, -0.15) is 0 Å². The zero-order chi connectivity index (χ0) is 20.9. The lowest BCUT2D eigenvalue weighted by atomic mass is 10.0. The fraction of sp³-hybridized carbons (Fsp3) is 0.348. The molecule has 7 heteroatoms. The average Bonchev–Trinajstić information content (AvgIpc) is 3.41. The Bertz CT molecular complexity index is 1040. The van der Waals surface area contributed by atoms with Crippen LogP contribution in [0.1, 0.15) is 52.7 Å². The van der Waals surface area contributed by atoms with E-state index >= 15 is 0 Å². The molecule has 3 amide bonds. The van der Waals surface area contributed by atoms with Crippen molar-refractivity contribution in [2.45, 2.75) is 50.4 Å². The normalized spacial score (nSPS) is 22.0. The quantitative estimate of drug-likeness (QED) is 0.662. The highest BCUT2D eigenvalue weighted by atomic mass is 16.2. The minimum atomic E-state index is -0.583. The third kappa shape index (κ3) is 3.35. The summed E-state index contributed by atoms with van der Waals surface area (Å²) in [6, 6.07) is 13.5. The number of carbonyl (C=O) groups is 3. The molecule has 2 aromatic carbocycles. The number of piperidine rings is 1. The maximum Gasteiger partial charge on any atom is 0.255 e. The second-order valence-electron chi connectivity index (χ2n) is 8.48. The molecule has 1 aliphatic carbocycles. The first kappa shape index (κ1) is 18.8. The van der Waals surface area contributed by atoms with Crippen LogP contribution in [0, 0.1) is 0 Å². The number of benzene rings is 2. The van der Waals surface area contributed by atoms with Crippen LogP contribution in [0.25, 0.3) is 0 Å². The van der Waals surface area contributed by atoms with Crippen molar-refractivity contribution in [3.8, 4) is 0 Å². The van der Waals surface area contributed by atoms with Gasteiger partial charge >= 0.3 is 0 Å². The summed E-state index contributed by atoms with van der Waals surface area (Å²) >= 11 is 0. The van der Waals surface area contributed by atoms with Gasteiger partial charge in [-0.05, 0) is 54.2 Å². The van der Waals surface area contributed by atoms with Crippen LogP contribution in [0.3, 0.4) is 0 Å². The monoisotopic (exact) mass is 404 g/mol. The SMILES string of the molecule is NC1(c2ccc(NCc3ccc4c(c3)C(=O)N(C3CCC(=O)NC3=O)C4)cc2)CC1. The number of imide groups is 1. The number of hydrogen-bond donors (Lipinski definition) is 3. The molecule has 0 aromatic heterocycles. The van der Waals surface area contributed by atoms with E-state index in [0.29, 0.717) is 25.1 Å². The number of carbonyl (C=O) groups excluding carboxylic acids is 3. The molecule has 5 rings (SSSR count). The maximum absolute atomic E-state index is 12.9. The Hall–Kier alpha value is -3.19. The molecule has 1 saturated heterocycles.